The lowest BCUT2D eigenvalue weighted by molar-refractivity contribution is -0.138. The number of piperidine rings is 3. The molecule has 1 aromatic heterocycles. The number of fused-ring (bicyclic) bond motifs is 4. The molecule has 298 valence electrons. The van der Waals surface area contributed by atoms with E-state index in [-0.39, 0.29) is 65.6 Å². The molecule has 0 spiro atoms. The zero-order chi connectivity index (χ0) is 39.5. The molecule has 2 aromatic carbocycles. The zero-order valence-corrected chi connectivity index (χ0v) is 31.2. The normalized spacial score (nSPS) is 25.5. The lowest BCUT2D eigenvalue weighted by Crippen LogP contribution is -2.60. The molecule has 17 heteroatoms. The van der Waals surface area contributed by atoms with E-state index in [0.29, 0.717) is 88.8 Å². The topological polar surface area (TPSA) is 172 Å². The predicted octanol–water partition coefficient (Wildman–Crippen LogP) is 2.41. The van der Waals surface area contributed by atoms with E-state index in [0.717, 1.165) is 10.6 Å². The van der Waals surface area contributed by atoms with Gasteiger partial charge in [0.1, 0.15) is 23.8 Å². The molecule has 3 aromatic rings. The van der Waals surface area contributed by atoms with Crippen molar-refractivity contribution in [2.45, 2.75) is 50.4 Å². The third-order valence-corrected chi connectivity index (χ3v) is 12.5. The number of alkyl halides is 1. The Labute approximate surface area is 327 Å². The van der Waals surface area contributed by atoms with Gasteiger partial charge in [0.05, 0.1) is 28.6 Å². The van der Waals surface area contributed by atoms with E-state index in [4.69, 9.17) is 0 Å². The first-order chi connectivity index (χ1) is 27.5. The van der Waals surface area contributed by atoms with Gasteiger partial charge in [0.2, 0.25) is 17.7 Å². The number of rotatable bonds is 6. The number of hydrogen-bond donors (Lipinski definition) is 3. The molecule has 3 N–H and O–H groups in total. The highest BCUT2D eigenvalue weighted by molar-refractivity contribution is 6.23. The van der Waals surface area contributed by atoms with Gasteiger partial charge in [0.15, 0.2) is 5.82 Å². The van der Waals surface area contributed by atoms with Gasteiger partial charge in [-0.05, 0) is 81.2 Å². The Morgan fingerprint density at radius 1 is 0.860 bits per heavy atom. The van der Waals surface area contributed by atoms with Crippen molar-refractivity contribution in [1.82, 2.24) is 30.2 Å². The Kier molecular flexibility index (Phi) is 9.49. The Morgan fingerprint density at radius 3 is 2.46 bits per heavy atom. The highest BCUT2D eigenvalue weighted by atomic mass is 19.1. The van der Waals surface area contributed by atoms with Crippen molar-refractivity contribution >= 4 is 46.7 Å². The van der Waals surface area contributed by atoms with Crippen LogP contribution in [0.5, 0.6) is 5.75 Å². The van der Waals surface area contributed by atoms with E-state index in [2.05, 4.69) is 30.6 Å². The van der Waals surface area contributed by atoms with E-state index in [9.17, 15) is 33.5 Å². The van der Waals surface area contributed by atoms with Gasteiger partial charge < -0.3 is 30.0 Å². The summed E-state index contributed by atoms with van der Waals surface area (Å²) in [5.41, 5.74) is 2.42. The smallest absolute Gasteiger partial charge is 0.262 e. The molecule has 7 heterocycles. The number of nitrogens with one attached hydrogen (secondary N) is 2. The fraction of sp³-hybridized carbons (Fsp3) is 0.475. The zero-order valence-electron chi connectivity index (χ0n) is 31.2. The Balaban J connectivity index is 0.761. The molecule has 0 radical (unpaired) electrons. The van der Waals surface area contributed by atoms with Crippen LogP contribution in [-0.4, -0.2) is 137 Å². The molecule has 9 rings (SSSR count). The van der Waals surface area contributed by atoms with Crippen molar-refractivity contribution < 1.29 is 37.9 Å². The van der Waals surface area contributed by atoms with Crippen molar-refractivity contribution in [2.75, 3.05) is 74.0 Å². The van der Waals surface area contributed by atoms with Crippen molar-refractivity contribution in [1.29, 1.82) is 0 Å². The van der Waals surface area contributed by atoms with Crippen molar-refractivity contribution in [3.63, 3.8) is 0 Å². The standard InChI is InChI=1S/C40H43F2N9O6/c41-24-1-5-34(52)29(15-24)31-17-33-36(46-45-31)43-18-26-20-49(13-14-50(26)33)38(55)22-7-10-47(11-8-22)19-23-9-12-48(21-30(23)42)25-2-3-27-28(16-25)40(57)51(39(27)56)32-4-6-35(53)44-37(32)54/h1-3,5,15-17,22-23,26,30,32,52H,4,6-14,18-21H2,(H,43,46)(H,44,53,54)/t23-,26+,30+,32?/m1/s1. The SMILES string of the molecule is O=C1CCC(N2C(=O)c3ccc(N4CC[C@H](CN5CCC(C(=O)N6CCN7c8cc(-c9cc(F)ccc9O)nnc8NC[C@H]7C6)CC5)[C@@H](F)C4)cc3C2=O)C(=O)N1. The number of piperazine rings is 1. The monoisotopic (exact) mass is 783 g/mol. The summed E-state index contributed by atoms with van der Waals surface area (Å²) in [7, 11) is 0. The predicted molar refractivity (Wildman–Crippen MR) is 203 cm³/mol. The van der Waals surface area contributed by atoms with Crippen LogP contribution in [0.15, 0.2) is 42.5 Å². The Hall–Kier alpha value is -5.71. The molecule has 57 heavy (non-hydrogen) atoms. The number of phenols is 1. The number of amides is 5. The number of likely N-dealkylation sites (tertiary alicyclic amines) is 1. The number of anilines is 3. The number of aromatic nitrogens is 2. The van der Waals surface area contributed by atoms with Crippen LogP contribution >= 0.6 is 0 Å². The number of nitrogens with zero attached hydrogens (tertiary/aromatic N) is 7. The van der Waals surface area contributed by atoms with Crippen LogP contribution < -0.4 is 20.4 Å². The first-order valence-electron chi connectivity index (χ1n) is 19.7. The molecule has 1 unspecified atom stereocenters. The van der Waals surface area contributed by atoms with E-state index in [1.54, 1.807) is 24.3 Å². The number of phenolic OH excluding ortho intramolecular Hbond substituents is 1. The number of carbonyl (C=O) groups excluding carboxylic acids is 5. The highest BCUT2D eigenvalue weighted by Gasteiger charge is 2.45. The van der Waals surface area contributed by atoms with Crippen LogP contribution in [0.4, 0.5) is 26.0 Å². The van der Waals surface area contributed by atoms with Crippen molar-refractivity contribution in [2.24, 2.45) is 11.8 Å². The molecule has 4 fully saturated rings. The minimum atomic E-state index is -1.11. The van der Waals surface area contributed by atoms with Gasteiger partial charge in [-0.2, -0.15) is 0 Å². The molecule has 6 aliphatic rings. The molecule has 4 saturated heterocycles. The largest absolute Gasteiger partial charge is 0.507 e. The average molecular weight is 784 g/mol. The van der Waals surface area contributed by atoms with Crippen molar-refractivity contribution in [3.05, 3.63) is 59.4 Å². The van der Waals surface area contributed by atoms with Gasteiger partial charge in [-0.1, -0.05) is 0 Å². The fourth-order valence-electron chi connectivity index (χ4n) is 9.34. The summed E-state index contributed by atoms with van der Waals surface area (Å²) < 4.78 is 29.7. The van der Waals surface area contributed by atoms with E-state index >= 15 is 4.39 Å². The maximum Gasteiger partial charge on any atom is 0.262 e. The Bertz CT molecular complexity index is 2160. The first-order valence-corrected chi connectivity index (χ1v) is 19.7. The summed E-state index contributed by atoms with van der Waals surface area (Å²) in [6.45, 7) is 5.01. The second kappa shape index (κ2) is 14.7. The molecule has 5 amide bonds. The Morgan fingerprint density at radius 2 is 1.67 bits per heavy atom. The van der Waals surface area contributed by atoms with Crippen LogP contribution in [0.2, 0.25) is 0 Å². The van der Waals surface area contributed by atoms with Crippen LogP contribution in [0.3, 0.4) is 0 Å². The summed E-state index contributed by atoms with van der Waals surface area (Å²) >= 11 is 0. The maximum atomic E-state index is 15.8. The third-order valence-electron chi connectivity index (χ3n) is 12.5. The lowest BCUT2D eigenvalue weighted by Gasteiger charge is -2.47. The number of halogens is 2. The fourth-order valence-corrected chi connectivity index (χ4v) is 9.34. The number of carbonyl (C=O) groups is 5. The van der Waals surface area contributed by atoms with E-state index in [1.807, 2.05) is 9.80 Å². The van der Waals surface area contributed by atoms with Crippen LogP contribution in [-0.2, 0) is 14.4 Å². The summed E-state index contributed by atoms with van der Waals surface area (Å²) in [4.78, 5) is 73.5. The maximum absolute atomic E-state index is 15.8. The van der Waals surface area contributed by atoms with Gasteiger partial charge >= 0.3 is 0 Å². The van der Waals surface area contributed by atoms with Gasteiger partial charge in [0.25, 0.3) is 11.8 Å². The minimum Gasteiger partial charge on any atom is -0.507 e. The molecule has 0 bridgehead atoms. The second-order valence-corrected chi connectivity index (χ2v) is 15.9. The second-order valence-electron chi connectivity index (χ2n) is 15.9. The molecular weight excluding hydrogens is 740 g/mol. The summed E-state index contributed by atoms with van der Waals surface area (Å²) in [5.74, 6) is -2.37. The summed E-state index contributed by atoms with van der Waals surface area (Å²) in [6, 6.07) is 9.34. The van der Waals surface area contributed by atoms with Crippen molar-refractivity contribution in [3.8, 4) is 17.0 Å². The molecule has 0 aliphatic carbocycles. The quantitative estimate of drug-likeness (QED) is 0.313. The molecule has 4 atom stereocenters. The third kappa shape index (κ3) is 6.80. The van der Waals surface area contributed by atoms with E-state index < -0.39 is 41.7 Å². The molecule has 6 aliphatic heterocycles. The van der Waals surface area contributed by atoms with Crippen LogP contribution in [0.1, 0.15) is 52.8 Å². The summed E-state index contributed by atoms with van der Waals surface area (Å²) in [5, 5.41) is 24.4. The lowest BCUT2D eigenvalue weighted by atomic mass is 9.90. The number of benzene rings is 2. The minimum absolute atomic E-state index is 0.00751. The first kappa shape index (κ1) is 36.9. The molecular formula is C40H43F2N9O6. The van der Waals surface area contributed by atoms with Gasteiger partial charge in [0, 0.05) is 75.3 Å². The number of imide groups is 2. The van der Waals surface area contributed by atoms with Crippen LogP contribution in [0, 0.1) is 17.7 Å². The van der Waals surface area contributed by atoms with Gasteiger partial charge in [-0.3, -0.25) is 34.2 Å². The van der Waals surface area contributed by atoms with E-state index in [1.165, 1.54) is 18.2 Å². The van der Waals surface area contributed by atoms with Gasteiger partial charge in [-0.25, -0.2) is 8.78 Å². The number of hydrogen-bond acceptors (Lipinski definition) is 12. The van der Waals surface area contributed by atoms with Crippen LogP contribution in [0.25, 0.3) is 11.3 Å². The molecule has 15 nitrogen and oxygen atoms in total. The molecule has 0 saturated carbocycles. The summed E-state index contributed by atoms with van der Waals surface area (Å²) in [6.07, 6.45) is 1.01. The highest BCUT2D eigenvalue weighted by Crippen LogP contribution is 2.38. The average Bonchev–Trinajstić information content (AvgIpc) is 3.46. The number of aromatic hydroxyl groups is 1. The van der Waals surface area contributed by atoms with Gasteiger partial charge in [-0.15, -0.1) is 10.2 Å².